The molecule has 0 unspecified atom stereocenters. The minimum absolute atomic E-state index is 0.0153. The Kier molecular flexibility index (Phi) is 3.75. The molecule has 8 heteroatoms. The van der Waals surface area contributed by atoms with Crippen molar-refractivity contribution in [2.75, 3.05) is 4.90 Å². The summed E-state index contributed by atoms with van der Waals surface area (Å²) >= 11 is 0. The Bertz CT molecular complexity index is 1370. The molecule has 8 nitrogen and oxygen atoms in total. The SMILES string of the molecule is CC(C)[C@@H]1C(=O)N2c3ccccc3[C@@]3(O)C[C@H](n4cnc5ccccc5c4=O)C(=O)N1[C@@H]23. The molecule has 3 aromatic rings. The summed E-state index contributed by atoms with van der Waals surface area (Å²) in [7, 11) is 0. The van der Waals surface area contributed by atoms with E-state index in [9.17, 15) is 19.5 Å². The van der Waals surface area contributed by atoms with Crippen molar-refractivity contribution in [1.29, 1.82) is 0 Å². The van der Waals surface area contributed by atoms with E-state index in [1.165, 1.54) is 15.8 Å². The maximum absolute atomic E-state index is 13.8. The Morgan fingerprint density at radius 2 is 1.75 bits per heavy atom. The van der Waals surface area contributed by atoms with Crippen LogP contribution in [0.25, 0.3) is 10.9 Å². The summed E-state index contributed by atoms with van der Waals surface area (Å²) in [5, 5.41) is 12.4. The lowest BCUT2D eigenvalue weighted by Crippen LogP contribution is -2.61. The third-order valence-electron chi connectivity index (χ3n) is 7.06. The maximum Gasteiger partial charge on any atom is 0.261 e. The van der Waals surface area contributed by atoms with Crippen molar-refractivity contribution in [1.82, 2.24) is 14.5 Å². The van der Waals surface area contributed by atoms with E-state index < -0.39 is 23.9 Å². The second-order valence-electron chi connectivity index (χ2n) is 9.15. The van der Waals surface area contributed by atoms with Crippen LogP contribution in [0.5, 0.6) is 0 Å². The number of benzene rings is 2. The predicted molar refractivity (Wildman–Crippen MR) is 117 cm³/mol. The number of aromatic nitrogens is 2. The van der Waals surface area contributed by atoms with Gasteiger partial charge >= 0.3 is 0 Å². The summed E-state index contributed by atoms with van der Waals surface area (Å²) in [6.45, 7) is 3.77. The highest BCUT2D eigenvalue weighted by atomic mass is 16.3. The van der Waals surface area contributed by atoms with E-state index in [0.717, 1.165) is 0 Å². The molecule has 0 bridgehead atoms. The van der Waals surface area contributed by atoms with Gasteiger partial charge in [0.05, 0.1) is 22.9 Å². The van der Waals surface area contributed by atoms with Crippen LogP contribution in [-0.2, 0) is 15.2 Å². The van der Waals surface area contributed by atoms with Crippen LogP contribution in [0, 0.1) is 5.92 Å². The fourth-order valence-corrected chi connectivity index (χ4v) is 5.70. The molecule has 3 aliphatic heterocycles. The fourth-order valence-electron chi connectivity index (χ4n) is 5.70. The number of nitrogens with zero attached hydrogens (tertiary/aromatic N) is 4. The van der Waals surface area contributed by atoms with Crippen LogP contribution in [0.1, 0.15) is 31.9 Å². The van der Waals surface area contributed by atoms with E-state index in [-0.39, 0.29) is 29.7 Å². The van der Waals surface area contributed by atoms with Crippen LogP contribution >= 0.6 is 0 Å². The predicted octanol–water partition coefficient (Wildman–Crippen LogP) is 1.77. The summed E-state index contributed by atoms with van der Waals surface area (Å²) in [6, 6.07) is 12.5. The zero-order chi connectivity index (χ0) is 22.4. The Labute approximate surface area is 183 Å². The number of fused-ring (bicyclic) bond motifs is 4. The van der Waals surface area contributed by atoms with Gasteiger partial charge in [0.2, 0.25) is 5.91 Å². The number of para-hydroxylation sites is 2. The highest BCUT2D eigenvalue weighted by molar-refractivity contribution is 6.07. The van der Waals surface area contributed by atoms with E-state index in [2.05, 4.69) is 4.98 Å². The first kappa shape index (κ1) is 19.2. The van der Waals surface area contributed by atoms with Gasteiger partial charge < -0.3 is 10.0 Å². The molecule has 0 saturated carbocycles. The zero-order valence-corrected chi connectivity index (χ0v) is 17.7. The smallest absolute Gasteiger partial charge is 0.261 e. The van der Waals surface area contributed by atoms with Crippen LogP contribution in [0.15, 0.2) is 59.7 Å². The van der Waals surface area contributed by atoms with Gasteiger partial charge in [-0.1, -0.05) is 44.2 Å². The standard InChI is InChI=1S/C24H22N4O4/c1-13(2)19-22(31)27-17-10-6-4-8-15(17)24(32)11-18(21(30)28(19)23(24)27)26-12-25-16-9-5-3-7-14(16)20(26)29/h3-10,12-13,18-19,23,32H,11H2,1-2H3/t18-,19+,23+,24-/m0/s1. The van der Waals surface area contributed by atoms with Crippen LogP contribution in [0.4, 0.5) is 5.69 Å². The van der Waals surface area contributed by atoms with Crippen LogP contribution in [0.3, 0.4) is 0 Å². The van der Waals surface area contributed by atoms with Gasteiger partial charge in [-0.3, -0.25) is 23.9 Å². The normalized spacial score (nSPS) is 28.6. The average molecular weight is 430 g/mol. The van der Waals surface area contributed by atoms with E-state index in [0.29, 0.717) is 22.2 Å². The first-order valence-electron chi connectivity index (χ1n) is 10.8. The molecule has 162 valence electrons. The summed E-state index contributed by atoms with van der Waals surface area (Å²) in [5.41, 5.74) is -0.0619. The van der Waals surface area contributed by atoms with Crippen molar-refractivity contribution in [2.24, 2.45) is 5.92 Å². The van der Waals surface area contributed by atoms with Gasteiger partial charge in [-0.25, -0.2) is 4.98 Å². The summed E-state index contributed by atoms with van der Waals surface area (Å²) in [5.74, 6) is -0.703. The molecule has 2 fully saturated rings. The number of rotatable bonds is 2. The van der Waals surface area contributed by atoms with E-state index in [1.807, 2.05) is 26.0 Å². The van der Waals surface area contributed by atoms with Crippen molar-refractivity contribution >= 4 is 28.4 Å². The number of carbonyl (C=O) groups excluding carboxylic acids is 2. The molecule has 2 aromatic carbocycles. The Balaban J connectivity index is 1.58. The topological polar surface area (TPSA) is 95.7 Å². The molecule has 32 heavy (non-hydrogen) atoms. The molecule has 1 aromatic heterocycles. The number of anilines is 1. The third kappa shape index (κ3) is 2.20. The average Bonchev–Trinajstić information content (AvgIpc) is 3.24. The molecule has 0 radical (unpaired) electrons. The number of amides is 2. The number of hydrogen-bond acceptors (Lipinski definition) is 5. The molecule has 4 heterocycles. The third-order valence-corrected chi connectivity index (χ3v) is 7.06. The minimum Gasteiger partial charge on any atom is -0.381 e. The molecule has 6 rings (SSSR count). The minimum atomic E-state index is -1.49. The zero-order valence-electron chi connectivity index (χ0n) is 17.7. The second kappa shape index (κ2) is 6.26. The molecular weight excluding hydrogens is 408 g/mol. The summed E-state index contributed by atoms with van der Waals surface area (Å²) in [4.78, 5) is 48.0. The Morgan fingerprint density at radius 1 is 1.03 bits per heavy atom. The van der Waals surface area contributed by atoms with Gasteiger partial charge in [0, 0.05) is 12.0 Å². The Morgan fingerprint density at radius 3 is 2.53 bits per heavy atom. The quantitative estimate of drug-likeness (QED) is 0.669. The molecule has 2 amide bonds. The highest BCUT2D eigenvalue weighted by Crippen LogP contribution is 2.55. The monoisotopic (exact) mass is 430 g/mol. The van der Waals surface area contributed by atoms with Gasteiger partial charge in [-0.2, -0.15) is 0 Å². The fraction of sp³-hybridized carbons (Fsp3) is 0.333. The van der Waals surface area contributed by atoms with E-state index in [4.69, 9.17) is 0 Å². The van der Waals surface area contributed by atoms with Gasteiger partial charge in [-0.05, 0) is 24.1 Å². The van der Waals surface area contributed by atoms with Gasteiger partial charge in [0.1, 0.15) is 23.9 Å². The first-order chi connectivity index (χ1) is 15.3. The Hall–Kier alpha value is -3.52. The molecule has 0 aliphatic carbocycles. The van der Waals surface area contributed by atoms with Crippen LogP contribution < -0.4 is 10.5 Å². The van der Waals surface area contributed by atoms with Crippen molar-refractivity contribution in [3.63, 3.8) is 0 Å². The lowest BCUT2D eigenvalue weighted by atomic mass is 9.81. The van der Waals surface area contributed by atoms with E-state index in [1.54, 1.807) is 41.3 Å². The number of piperidine rings is 1. The van der Waals surface area contributed by atoms with Gasteiger partial charge in [0.15, 0.2) is 0 Å². The number of aliphatic hydroxyl groups is 1. The van der Waals surface area contributed by atoms with Crippen molar-refractivity contribution in [3.05, 3.63) is 70.8 Å². The molecule has 4 atom stereocenters. The molecule has 1 N–H and O–H groups in total. The molecule has 3 aliphatic rings. The lowest BCUT2D eigenvalue weighted by Gasteiger charge is -2.45. The van der Waals surface area contributed by atoms with Crippen molar-refractivity contribution in [2.45, 2.75) is 44.1 Å². The van der Waals surface area contributed by atoms with Gasteiger partial charge in [0.25, 0.3) is 11.5 Å². The van der Waals surface area contributed by atoms with Crippen molar-refractivity contribution < 1.29 is 14.7 Å². The molecule has 2 saturated heterocycles. The molecule has 0 spiro atoms. The summed E-state index contributed by atoms with van der Waals surface area (Å²) < 4.78 is 1.31. The highest BCUT2D eigenvalue weighted by Gasteiger charge is 2.67. The van der Waals surface area contributed by atoms with Crippen LogP contribution in [-0.4, -0.2) is 43.6 Å². The maximum atomic E-state index is 13.8. The summed E-state index contributed by atoms with van der Waals surface area (Å²) in [6.07, 6.45) is 0.545. The number of carbonyl (C=O) groups is 2. The largest absolute Gasteiger partial charge is 0.381 e. The second-order valence-corrected chi connectivity index (χ2v) is 9.15. The molecular formula is C24H22N4O4. The van der Waals surface area contributed by atoms with E-state index >= 15 is 0 Å². The lowest BCUT2D eigenvalue weighted by molar-refractivity contribution is -0.160. The first-order valence-corrected chi connectivity index (χ1v) is 10.8. The van der Waals surface area contributed by atoms with Gasteiger partial charge in [-0.15, -0.1) is 0 Å². The van der Waals surface area contributed by atoms with Crippen LogP contribution in [0.2, 0.25) is 0 Å². The number of hydrogen-bond donors (Lipinski definition) is 1. The van der Waals surface area contributed by atoms with Crippen molar-refractivity contribution in [3.8, 4) is 0 Å².